The summed E-state index contributed by atoms with van der Waals surface area (Å²) in [6.45, 7) is 1.08. The third-order valence-electron chi connectivity index (χ3n) is 2.82. The molecule has 1 aromatic carbocycles. The summed E-state index contributed by atoms with van der Waals surface area (Å²) in [7, 11) is 0. The number of nitrogens with two attached hydrogens (primary N) is 1. The van der Waals surface area contributed by atoms with Crippen LogP contribution in [-0.2, 0) is 17.8 Å². The number of nitrogens with zero attached hydrogens (tertiary/aromatic N) is 2. The summed E-state index contributed by atoms with van der Waals surface area (Å²) in [6, 6.07) is 6.65. The standard InChI is InChI=1S/C14H16N4O3/c15-5-6-18-8-12(16-9-18)14(21)17-11-3-1-10(2-4-11)7-13(19)20/h1-4,8-9H,5-7,15H2,(H,17,21)(H,19,20). The van der Waals surface area contributed by atoms with Crippen LogP contribution < -0.4 is 11.1 Å². The van der Waals surface area contributed by atoms with Crippen molar-refractivity contribution in [3.05, 3.63) is 48.0 Å². The number of imidazole rings is 1. The van der Waals surface area contributed by atoms with Crippen molar-refractivity contribution in [2.45, 2.75) is 13.0 Å². The maximum Gasteiger partial charge on any atom is 0.307 e. The van der Waals surface area contributed by atoms with Gasteiger partial charge in [-0.1, -0.05) is 12.1 Å². The largest absolute Gasteiger partial charge is 0.481 e. The molecule has 1 heterocycles. The molecule has 7 nitrogen and oxygen atoms in total. The molecule has 0 spiro atoms. The van der Waals surface area contributed by atoms with Crippen LogP contribution in [0.4, 0.5) is 5.69 Å². The first kappa shape index (κ1) is 14.7. The number of benzene rings is 1. The number of carboxylic acids is 1. The third-order valence-corrected chi connectivity index (χ3v) is 2.82. The SMILES string of the molecule is NCCn1cnc(C(=O)Nc2ccc(CC(=O)O)cc2)c1. The van der Waals surface area contributed by atoms with Crippen LogP contribution in [0.5, 0.6) is 0 Å². The number of nitrogens with one attached hydrogen (secondary N) is 1. The molecule has 0 saturated heterocycles. The summed E-state index contributed by atoms with van der Waals surface area (Å²) in [5.41, 5.74) is 6.99. The van der Waals surface area contributed by atoms with Crippen molar-refractivity contribution in [3.8, 4) is 0 Å². The molecule has 2 rings (SSSR count). The first-order valence-corrected chi connectivity index (χ1v) is 6.42. The van der Waals surface area contributed by atoms with Gasteiger partial charge in [-0.15, -0.1) is 0 Å². The van der Waals surface area contributed by atoms with Crippen molar-refractivity contribution in [2.24, 2.45) is 5.73 Å². The van der Waals surface area contributed by atoms with Gasteiger partial charge in [0.15, 0.2) is 0 Å². The van der Waals surface area contributed by atoms with Crippen molar-refractivity contribution in [2.75, 3.05) is 11.9 Å². The number of carboxylic acid groups (broad SMARTS) is 1. The Morgan fingerprint density at radius 3 is 2.62 bits per heavy atom. The Hall–Kier alpha value is -2.67. The van der Waals surface area contributed by atoms with Crippen LogP contribution in [0.25, 0.3) is 0 Å². The molecule has 0 aliphatic carbocycles. The van der Waals surface area contributed by atoms with Gasteiger partial charge in [0.25, 0.3) is 5.91 Å². The predicted molar refractivity (Wildman–Crippen MR) is 77.0 cm³/mol. The number of amides is 1. The van der Waals surface area contributed by atoms with Gasteiger partial charge in [-0.05, 0) is 17.7 Å². The Bertz CT molecular complexity index is 634. The van der Waals surface area contributed by atoms with Gasteiger partial charge in [-0.2, -0.15) is 0 Å². The normalized spacial score (nSPS) is 10.3. The molecule has 1 aromatic heterocycles. The van der Waals surface area contributed by atoms with E-state index in [1.807, 2.05) is 0 Å². The monoisotopic (exact) mass is 288 g/mol. The highest BCUT2D eigenvalue weighted by Gasteiger charge is 2.09. The van der Waals surface area contributed by atoms with Gasteiger partial charge in [0, 0.05) is 25.0 Å². The summed E-state index contributed by atoms with van der Waals surface area (Å²) in [6.07, 6.45) is 3.14. The van der Waals surface area contributed by atoms with E-state index >= 15 is 0 Å². The van der Waals surface area contributed by atoms with Crippen LogP contribution in [0, 0.1) is 0 Å². The van der Waals surface area contributed by atoms with Crippen LogP contribution in [0.1, 0.15) is 16.1 Å². The number of aromatic nitrogens is 2. The molecule has 21 heavy (non-hydrogen) atoms. The Labute approximate surface area is 121 Å². The van der Waals surface area contributed by atoms with Crippen LogP contribution in [-0.4, -0.2) is 33.1 Å². The second kappa shape index (κ2) is 6.67. The second-order valence-corrected chi connectivity index (χ2v) is 4.51. The van der Waals surface area contributed by atoms with Crippen molar-refractivity contribution < 1.29 is 14.7 Å². The summed E-state index contributed by atoms with van der Waals surface area (Å²) >= 11 is 0. The zero-order chi connectivity index (χ0) is 15.2. The minimum atomic E-state index is -0.891. The lowest BCUT2D eigenvalue weighted by Gasteiger charge is -2.04. The highest BCUT2D eigenvalue weighted by atomic mass is 16.4. The number of hydrogen-bond donors (Lipinski definition) is 3. The fraction of sp³-hybridized carbons (Fsp3) is 0.214. The van der Waals surface area contributed by atoms with E-state index in [2.05, 4.69) is 10.3 Å². The fourth-order valence-corrected chi connectivity index (χ4v) is 1.82. The van der Waals surface area contributed by atoms with Crippen molar-refractivity contribution in [1.82, 2.24) is 9.55 Å². The Morgan fingerprint density at radius 1 is 1.29 bits per heavy atom. The van der Waals surface area contributed by atoms with E-state index in [-0.39, 0.29) is 12.3 Å². The number of carbonyl (C=O) groups is 2. The smallest absolute Gasteiger partial charge is 0.307 e. The molecule has 0 radical (unpaired) electrons. The zero-order valence-electron chi connectivity index (χ0n) is 11.3. The van der Waals surface area contributed by atoms with Gasteiger partial charge in [0.2, 0.25) is 0 Å². The van der Waals surface area contributed by atoms with Gasteiger partial charge < -0.3 is 20.7 Å². The number of aliphatic carboxylic acids is 1. The van der Waals surface area contributed by atoms with Gasteiger partial charge in [0.05, 0.1) is 12.7 Å². The van der Waals surface area contributed by atoms with E-state index in [4.69, 9.17) is 10.8 Å². The first-order valence-electron chi connectivity index (χ1n) is 6.42. The molecule has 0 fully saturated rings. The zero-order valence-corrected chi connectivity index (χ0v) is 11.3. The van der Waals surface area contributed by atoms with E-state index in [1.54, 1.807) is 41.4 Å². The van der Waals surface area contributed by atoms with Crippen LogP contribution in [0.3, 0.4) is 0 Å². The molecule has 0 bridgehead atoms. The molecule has 1 amide bonds. The summed E-state index contributed by atoms with van der Waals surface area (Å²) in [5.74, 6) is -1.21. The molecule has 7 heteroatoms. The molecule has 0 aliphatic rings. The summed E-state index contributed by atoms with van der Waals surface area (Å²) < 4.78 is 1.74. The minimum Gasteiger partial charge on any atom is -0.481 e. The van der Waals surface area contributed by atoms with E-state index in [9.17, 15) is 9.59 Å². The Balaban J connectivity index is 1.99. The minimum absolute atomic E-state index is 0.0439. The molecule has 0 saturated carbocycles. The van der Waals surface area contributed by atoms with Crippen LogP contribution >= 0.6 is 0 Å². The van der Waals surface area contributed by atoms with Crippen LogP contribution in [0.2, 0.25) is 0 Å². The first-order chi connectivity index (χ1) is 10.1. The highest BCUT2D eigenvalue weighted by molar-refractivity contribution is 6.02. The highest BCUT2D eigenvalue weighted by Crippen LogP contribution is 2.11. The van der Waals surface area contributed by atoms with E-state index < -0.39 is 5.97 Å². The van der Waals surface area contributed by atoms with E-state index in [0.717, 1.165) is 0 Å². The van der Waals surface area contributed by atoms with Gasteiger partial charge >= 0.3 is 5.97 Å². The number of rotatable bonds is 6. The average Bonchev–Trinajstić information content (AvgIpc) is 2.89. The quantitative estimate of drug-likeness (QED) is 0.725. The number of hydrogen-bond acceptors (Lipinski definition) is 4. The average molecular weight is 288 g/mol. The molecule has 4 N–H and O–H groups in total. The molecule has 110 valence electrons. The topological polar surface area (TPSA) is 110 Å². The lowest BCUT2D eigenvalue weighted by atomic mass is 10.1. The molecular formula is C14H16N4O3. The lowest BCUT2D eigenvalue weighted by Crippen LogP contribution is -2.13. The Kier molecular flexibility index (Phi) is 4.68. The predicted octanol–water partition coefficient (Wildman–Crippen LogP) is 0.721. The maximum atomic E-state index is 12.0. The van der Waals surface area contributed by atoms with Gasteiger partial charge in [0.1, 0.15) is 5.69 Å². The van der Waals surface area contributed by atoms with Crippen molar-refractivity contribution in [1.29, 1.82) is 0 Å². The van der Waals surface area contributed by atoms with E-state index in [0.29, 0.717) is 30.0 Å². The van der Waals surface area contributed by atoms with E-state index in [1.165, 1.54) is 0 Å². The number of anilines is 1. The third kappa shape index (κ3) is 4.15. The van der Waals surface area contributed by atoms with Crippen LogP contribution in [0.15, 0.2) is 36.8 Å². The number of carbonyl (C=O) groups excluding carboxylic acids is 1. The molecule has 2 aromatic rings. The summed E-state index contributed by atoms with van der Waals surface area (Å²) in [5, 5.41) is 11.4. The second-order valence-electron chi connectivity index (χ2n) is 4.51. The molecular weight excluding hydrogens is 272 g/mol. The summed E-state index contributed by atoms with van der Waals surface area (Å²) in [4.78, 5) is 26.6. The fourth-order valence-electron chi connectivity index (χ4n) is 1.82. The molecule has 0 aliphatic heterocycles. The van der Waals surface area contributed by atoms with Crippen molar-refractivity contribution in [3.63, 3.8) is 0 Å². The Morgan fingerprint density at radius 2 is 2.00 bits per heavy atom. The van der Waals surface area contributed by atoms with Gasteiger partial charge in [-0.25, -0.2) is 4.98 Å². The van der Waals surface area contributed by atoms with Gasteiger partial charge in [-0.3, -0.25) is 9.59 Å². The molecule has 0 atom stereocenters. The van der Waals surface area contributed by atoms with Crippen molar-refractivity contribution >= 4 is 17.6 Å². The molecule has 0 unspecified atom stereocenters. The maximum absolute atomic E-state index is 12.0. The lowest BCUT2D eigenvalue weighted by molar-refractivity contribution is -0.136.